The molecule has 1 heterocycles. The quantitative estimate of drug-likeness (QED) is 0.622. The summed E-state index contributed by atoms with van der Waals surface area (Å²) in [7, 11) is 0. The minimum absolute atomic E-state index is 0.00714. The third kappa shape index (κ3) is 6.25. The maximum Gasteiger partial charge on any atom is 0.319 e. The Morgan fingerprint density at radius 3 is 2.96 bits per heavy atom. The lowest BCUT2D eigenvalue weighted by atomic mass is 10.2. The van der Waals surface area contributed by atoms with Gasteiger partial charge in [0, 0.05) is 24.6 Å². The van der Waals surface area contributed by atoms with Gasteiger partial charge in [-0.3, -0.25) is 4.79 Å². The van der Waals surface area contributed by atoms with Crippen molar-refractivity contribution >= 4 is 29.3 Å². The van der Waals surface area contributed by atoms with Crippen LogP contribution in [0.5, 0.6) is 5.75 Å². The zero-order valence-corrected chi connectivity index (χ0v) is 14.0. The Labute approximate surface area is 145 Å². The van der Waals surface area contributed by atoms with E-state index in [1.54, 1.807) is 18.2 Å². The molecule has 0 spiro atoms. The SMILES string of the molecule is O=C(O)CCCNC(=O)Nc1cc(Cl)ccc1OCC1CCCO1. The second-order valence-corrected chi connectivity index (χ2v) is 5.90. The molecular weight excluding hydrogens is 336 g/mol. The van der Waals surface area contributed by atoms with Crippen molar-refractivity contribution in [2.75, 3.05) is 25.1 Å². The van der Waals surface area contributed by atoms with Crippen LogP contribution in [0.2, 0.25) is 5.02 Å². The van der Waals surface area contributed by atoms with Crippen molar-refractivity contribution in [3.05, 3.63) is 23.2 Å². The lowest BCUT2D eigenvalue weighted by Gasteiger charge is -2.16. The van der Waals surface area contributed by atoms with Gasteiger partial charge in [-0.15, -0.1) is 0 Å². The van der Waals surface area contributed by atoms with Crippen molar-refractivity contribution in [1.82, 2.24) is 5.32 Å². The van der Waals surface area contributed by atoms with Gasteiger partial charge in [-0.2, -0.15) is 0 Å². The van der Waals surface area contributed by atoms with Crippen LogP contribution in [0.25, 0.3) is 0 Å². The highest BCUT2D eigenvalue weighted by Gasteiger charge is 2.17. The Kier molecular flexibility index (Phi) is 7.14. The minimum Gasteiger partial charge on any atom is -0.489 e. The Balaban J connectivity index is 1.86. The van der Waals surface area contributed by atoms with Gasteiger partial charge in [-0.05, 0) is 37.5 Å². The fraction of sp³-hybridized carbons (Fsp3) is 0.500. The van der Waals surface area contributed by atoms with Crippen molar-refractivity contribution in [2.24, 2.45) is 0 Å². The topological polar surface area (TPSA) is 96.9 Å². The van der Waals surface area contributed by atoms with E-state index in [9.17, 15) is 9.59 Å². The van der Waals surface area contributed by atoms with Crippen molar-refractivity contribution in [1.29, 1.82) is 0 Å². The molecule has 1 atom stereocenters. The monoisotopic (exact) mass is 356 g/mol. The number of carboxylic acids is 1. The molecule has 3 N–H and O–H groups in total. The largest absolute Gasteiger partial charge is 0.489 e. The highest BCUT2D eigenvalue weighted by atomic mass is 35.5. The van der Waals surface area contributed by atoms with Gasteiger partial charge in [0.25, 0.3) is 0 Å². The maximum atomic E-state index is 11.9. The van der Waals surface area contributed by atoms with Crippen molar-refractivity contribution in [2.45, 2.75) is 31.8 Å². The fourth-order valence-electron chi connectivity index (χ4n) is 2.29. The van der Waals surface area contributed by atoms with Crippen LogP contribution < -0.4 is 15.4 Å². The number of halogens is 1. The van der Waals surface area contributed by atoms with Gasteiger partial charge in [-0.25, -0.2) is 4.79 Å². The predicted molar refractivity (Wildman–Crippen MR) is 89.8 cm³/mol. The van der Waals surface area contributed by atoms with E-state index < -0.39 is 12.0 Å². The summed E-state index contributed by atoms with van der Waals surface area (Å²) in [6.07, 6.45) is 2.42. The molecular formula is C16H21ClN2O5. The summed E-state index contributed by atoms with van der Waals surface area (Å²) in [5.41, 5.74) is 0.455. The molecule has 1 aromatic rings. The van der Waals surface area contributed by atoms with E-state index in [1.165, 1.54) is 0 Å². The fourth-order valence-corrected chi connectivity index (χ4v) is 2.46. The van der Waals surface area contributed by atoms with E-state index >= 15 is 0 Å². The molecule has 2 amide bonds. The molecule has 132 valence electrons. The normalized spacial score (nSPS) is 16.6. The number of hydrogen-bond donors (Lipinski definition) is 3. The van der Waals surface area contributed by atoms with Crippen LogP contribution in [0.1, 0.15) is 25.7 Å². The molecule has 1 saturated heterocycles. The zero-order chi connectivity index (χ0) is 17.4. The van der Waals surface area contributed by atoms with Gasteiger partial charge < -0.3 is 25.2 Å². The number of carbonyl (C=O) groups is 2. The summed E-state index contributed by atoms with van der Waals surface area (Å²) in [5.74, 6) is -0.382. The molecule has 0 aromatic heterocycles. The van der Waals surface area contributed by atoms with Crippen molar-refractivity contribution in [3.8, 4) is 5.75 Å². The number of rotatable bonds is 8. The first-order chi connectivity index (χ1) is 11.5. The first kappa shape index (κ1) is 18.4. The summed E-state index contributed by atoms with van der Waals surface area (Å²) in [5, 5.41) is 14.3. The highest BCUT2D eigenvalue weighted by Crippen LogP contribution is 2.28. The van der Waals surface area contributed by atoms with Crippen LogP contribution in [0, 0.1) is 0 Å². The number of urea groups is 1. The molecule has 1 aliphatic rings. The Bertz CT molecular complexity index is 576. The van der Waals surface area contributed by atoms with Crippen LogP contribution in [0.3, 0.4) is 0 Å². The number of amides is 2. The number of ether oxygens (including phenoxy) is 2. The van der Waals surface area contributed by atoms with E-state index in [4.69, 9.17) is 26.2 Å². The number of aliphatic carboxylic acids is 1. The molecule has 0 radical (unpaired) electrons. The molecule has 1 aromatic carbocycles. The Hall–Kier alpha value is -1.99. The predicted octanol–water partition coefficient (Wildman–Crippen LogP) is 2.88. The zero-order valence-electron chi connectivity index (χ0n) is 13.2. The Morgan fingerprint density at radius 2 is 2.25 bits per heavy atom. The Morgan fingerprint density at radius 1 is 1.42 bits per heavy atom. The second-order valence-electron chi connectivity index (χ2n) is 5.46. The molecule has 7 nitrogen and oxygen atoms in total. The molecule has 1 unspecified atom stereocenters. The number of carboxylic acid groups (broad SMARTS) is 1. The number of hydrogen-bond acceptors (Lipinski definition) is 4. The van der Waals surface area contributed by atoms with E-state index in [0.29, 0.717) is 29.5 Å². The van der Waals surface area contributed by atoms with E-state index in [2.05, 4.69) is 10.6 Å². The van der Waals surface area contributed by atoms with Crippen molar-refractivity contribution in [3.63, 3.8) is 0 Å². The molecule has 0 bridgehead atoms. The van der Waals surface area contributed by atoms with E-state index in [1.807, 2.05) is 0 Å². The van der Waals surface area contributed by atoms with Crippen molar-refractivity contribution < 1.29 is 24.2 Å². The maximum absolute atomic E-state index is 11.9. The molecule has 8 heteroatoms. The summed E-state index contributed by atoms with van der Waals surface area (Å²) < 4.78 is 11.2. The summed E-state index contributed by atoms with van der Waals surface area (Å²) >= 11 is 5.97. The van der Waals surface area contributed by atoms with Crippen LogP contribution in [-0.2, 0) is 9.53 Å². The first-order valence-corrected chi connectivity index (χ1v) is 8.23. The average Bonchev–Trinajstić information content (AvgIpc) is 3.04. The third-order valence-corrected chi connectivity index (χ3v) is 3.73. The summed E-state index contributed by atoms with van der Waals surface area (Å²) in [4.78, 5) is 22.3. The lowest BCUT2D eigenvalue weighted by Crippen LogP contribution is -2.30. The number of anilines is 1. The van der Waals surface area contributed by atoms with Crippen LogP contribution >= 0.6 is 11.6 Å². The second kappa shape index (κ2) is 9.34. The van der Waals surface area contributed by atoms with E-state index in [-0.39, 0.29) is 19.1 Å². The molecule has 24 heavy (non-hydrogen) atoms. The highest BCUT2D eigenvalue weighted by molar-refractivity contribution is 6.31. The van der Waals surface area contributed by atoms with Crippen LogP contribution in [0.15, 0.2) is 18.2 Å². The lowest BCUT2D eigenvalue weighted by molar-refractivity contribution is -0.137. The van der Waals surface area contributed by atoms with Crippen LogP contribution in [-0.4, -0.2) is 43.0 Å². The summed E-state index contributed by atoms with van der Waals surface area (Å²) in [6.45, 7) is 1.43. The third-order valence-electron chi connectivity index (χ3n) is 3.49. The number of nitrogens with one attached hydrogen (secondary N) is 2. The van der Waals surface area contributed by atoms with E-state index in [0.717, 1.165) is 19.4 Å². The molecule has 1 aliphatic heterocycles. The van der Waals surface area contributed by atoms with Gasteiger partial charge >= 0.3 is 12.0 Å². The molecule has 1 fully saturated rings. The van der Waals surface area contributed by atoms with Gasteiger partial charge in [0.1, 0.15) is 12.4 Å². The van der Waals surface area contributed by atoms with Gasteiger partial charge in [0.2, 0.25) is 0 Å². The first-order valence-electron chi connectivity index (χ1n) is 7.85. The molecule has 2 rings (SSSR count). The van der Waals surface area contributed by atoms with Gasteiger partial charge in [-0.1, -0.05) is 11.6 Å². The smallest absolute Gasteiger partial charge is 0.319 e. The minimum atomic E-state index is -0.892. The average molecular weight is 357 g/mol. The molecule has 0 aliphatic carbocycles. The molecule has 0 saturated carbocycles. The summed E-state index contributed by atoms with van der Waals surface area (Å²) in [6, 6.07) is 4.53. The van der Waals surface area contributed by atoms with Crippen LogP contribution in [0.4, 0.5) is 10.5 Å². The number of carbonyl (C=O) groups excluding carboxylic acids is 1. The number of benzene rings is 1. The standard InChI is InChI=1S/C16H21ClN2O5/c17-11-5-6-14(24-10-12-3-2-8-23-12)13(9-11)19-16(22)18-7-1-4-15(20)21/h5-6,9,12H,1-4,7-8,10H2,(H,20,21)(H2,18,19,22). The van der Waals surface area contributed by atoms with Gasteiger partial charge in [0.05, 0.1) is 11.8 Å². The van der Waals surface area contributed by atoms with Gasteiger partial charge in [0.15, 0.2) is 0 Å².